The van der Waals surface area contributed by atoms with Crippen molar-refractivity contribution < 1.29 is 4.74 Å². The molecular weight excluding hydrogens is 302 g/mol. The Morgan fingerprint density at radius 2 is 2.17 bits per heavy atom. The Bertz CT molecular complexity index is 837. The summed E-state index contributed by atoms with van der Waals surface area (Å²) in [6, 6.07) is 6.21. The third-order valence-corrected chi connectivity index (χ3v) is 4.51. The van der Waals surface area contributed by atoms with E-state index in [1.807, 2.05) is 10.9 Å². The smallest absolute Gasteiger partial charge is 0.137 e. The molecule has 6 heteroatoms. The van der Waals surface area contributed by atoms with Crippen LogP contribution in [0.2, 0.25) is 0 Å². The van der Waals surface area contributed by atoms with Gasteiger partial charge in [-0.2, -0.15) is 5.10 Å². The summed E-state index contributed by atoms with van der Waals surface area (Å²) < 4.78 is 10.0. The Kier molecular flexibility index (Phi) is 4.08. The fourth-order valence-electron chi connectivity index (χ4n) is 3.31. The van der Waals surface area contributed by atoms with Crippen LogP contribution in [-0.4, -0.2) is 49.9 Å². The summed E-state index contributed by atoms with van der Waals surface area (Å²) in [7, 11) is 0. The lowest BCUT2D eigenvalue weighted by atomic mass is 10.2. The van der Waals surface area contributed by atoms with Gasteiger partial charge >= 0.3 is 0 Å². The van der Waals surface area contributed by atoms with Gasteiger partial charge in [0.15, 0.2) is 0 Å². The normalized spacial score (nSPS) is 19.2. The number of hydrogen-bond acceptors (Lipinski definition) is 4. The van der Waals surface area contributed by atoms with Gasteiger partial charge in [-0.15, -0.1) is 0 Å². The van der Waals surface area contributed by atoms with E-state index in [1.165, 1.54) is 11.3 Å². The van der Waals surface area contributed by atoms with Crippen molar-refractivity contribution in [3.8, 4) is 0 Å². The van der Waals surface area contributed by atoms with Crippen molar-refractivity contribution >= 4 is 5.65 Å². The molecule has 0 amide bonds. The molecule has 1 aliphatic heterocycles. The van der Waals surface area contributed by atoms with Gasteiger partial charge in [0.2, 0.25) is 0 Å². The number of morpholine rings is 1. The average Bonchev–Trinajstić information content (AvgIpc) is 3.14. The van der Waals surface area contributed by atoms with Crippen molar-refractivity contribution in [2.24, 2.45) is 0 Å². The van der Waals surface area contributed by atoms with Crippen LogP contribution in [0.3, 0.4) is 0 Å². The standard InChI is InChI=1S/C18H23N5O/c1-14-8-19-22(9-14)13-17-12-21(6-7-24-17)10-16-11-23-15(2)4-3-5-18(23)20-16/h3-5,8-9,11,17H,6-7,10,12-13H2,1-2H3/t17-/m1/s1. The van der Waals surface area contributed by atoms with E-state index in [9.17, 15) is 0 Å². The number of nitrogens with zero attached hydrogens (tertiary/aromatic N) is 5. The van der Waals surface area contributed by atoms with Crippen LogP contribution in [0.1, 0.15) is 17.0 Å². The molecule has 1 fully saturated rings. The molecule has 3 aromatic rings. The second kappa shape index (κ2) is 6.37. The molecule has 4 heterocycles. The van der Waals surface area contributed by atoms with Crippen LogP contribution in [0.4, 0.5) is 0 Å². The minimum Gasteiger partial charge on any atom is -0.374 e. The van der Waals surface area contributed by atoms with Crippen molar-refractivity contribution in [2.45, 2.75) is 33.0 Å². The molecular formula is C18H23N5O. The molecule has 0 spiro atoms. The third kappa shape index (κ3) is 3.20. The monoisotopic (exact) mass is 325 g/mol. The van der Waals surface area contributed by atoms with E-state index in [0.717, 1.165) is 44.1 Å². The zero-order valence-electron chi connectivity index (χ0n) is 14.2. The number of rotatable bonds is 4. The number of aromatic nitrogens is 4. The van der Waals surface area contributed by atoms with Crippen LogP contribution in [0.15, 0.2) is 36.8 Å². The Hall–Kier alpha value is -2.18. The molecule has 1 aliphatic rings. The molecule has 3 aromatic heterocycles. The van der Waals surface area contributed by atoms with Crippen molar-refractivity contribution in [1.82, 2.24) is 24.1 Å². The zero-order valence-corrected chi connectivity index (χ0v) is 14.2. The molecule has 126 valence electrons. The first-order valence-corrected chi connectivity index (χ1v) is 8.44. The highest BCUT2D eigenvalue weighted by molar-refractivity contribution is 5.41. The Morgan fingerprint density at radius 3 is 2.96 bits per heavy atom. The maximum absolute atomic E-state index is 5.91. The summed E-state index contributed by atoms with van der Waals surface area (Å²) in [5, 5.41) is 4.36. The SMILES string of the molecule is Cc1cnn(C[C@H]2CN(Cc3cn4c(C)cccc4n3)CCO2)c1. The van der Waals surface area contributed by atoms with Crippen molar-refractivity contribution in [3.63, 3.8) is 0 Å². The summed E-state index contributed by atoms with van der Waals surface area (Å²) in [4.78, 5) is 7.16. The van der Waals surface area contributed by atoms with E-state index < -0.39 is 0 Å². The van der Waals surface area contributed by atoms with Gasteiger partial charge in [-0.25, -0.2) is 4.98 Å². The van der Waals surface area contributed by atoms with E-state index in [0.29, 0.717) is 0 Å². The zero-order chi connectivity index (χ0) is 16.5. The number of pyridine rings is 1. The second-order valence-electron chi connectivity index (χ2n) is 6.60. The van der Waals surface area contributed by atoms with Crippen LogP contribution < -0.4 is 0 Å². The van der Waals surface area contributed by atoms with E-state index in [2.05, 4.69) is 58.8 Å². The summed E-state index contributed by atoms with van der Waals surface area (Å²) in [6.07, 6.45) is 6.27. The minimum atomic E-state index is 0.178. The molecule has 1 saturated heterocycles. The van der Waals surface area contributed by atoms with Gasteiger partial charge in [0.05, 0.1) is 31.1 Å². The highest BCUT2D eigenvalue weighted by atomic mass is 16.5. The molecule has 0 bridgehead atoms. The molecule has 0 aromatic carbocycles. The number of aryl methyl sites for hydroxylation is 2. The summed E-state index contributed by atoms with van der Waals surface area (Å²) >= 11 is 0. The third-order valence-electron chi connectivity index (χ3n) is 4.51. The summed E-state index contributed by atoms with van der Waals surface area (Å²) in [5.74, 6) is 0. The molecule has 0 aliphatic carbocycles. The van der Waals surface area contributed by atoms with Crippen LogP contribution in [0.5, 0.6) is 0 Å². The summed E-state index contributed by atoms with van der Waals surface area (Å²) in [6.45, 7) is 8.44. The molecule has 0 unspecified atom stereocenters. The molecule has 0 saturated carbocycles. The van der Waals surface area contributed by atoms with E-state index in [1.54, 1.807) is 0 Å². The maximum Gasteiger partial charge on any atom is 0.137 e. The quantitative estimate of drug-likeness (QED) is 0.736. The largest absolute Gasteiger partial charge is 0.374 e. The van der Waals surface area contributed by atoms with Crippen LogP contribution >= 0.6 is 0 Å². The van der Waals surface area contributed by atoms with Gasteiger partial charge < -0.3 is 9.14 Å². The lowest BCUT2D eigenvalue weighted by Gasteiger charge is -2.32. The first kappa shape index (κ1) is 15.4. The minimum absolute atomic E-state index is 0.178. The molecule has 24 heavy (non-hydrogen) atoms. The molecule has 0 radical (unpaired) electrons. The molecule has 1 atom stereocenters. The lowest BCUT2D eigenvalue weighted by molar-refractivity contribution is -0.0405. The first-order valence-electron chi connectivity index (χ1n) is 8.44. The van der Waals surface area contributed by atoms with Gasteiger partial charge in [0.1, 0.15) is 5.65 Å². The Labute approximate surface area is 141 Å². The van der Waals surface area contributed by atoms with E-state index >= 15 is 0 Å². The van der Waals surface area contributed by atoms with Crippen molar-refractivity contribution in [2.75, 3.05) is 19.7 Å². The molecule has 4 rings (SSSR count). The number of imidazole rings is 1. The van der Waals surface area contributed by atoms with Gasteiger partial charge in [0.25, 0.3) is 0 Å². The Morgan fingerprint density at radius 1 is 1.25 bits per heavy atom. The van der Waals surface area contributed by atoms with Crippen molar-refractivity contribution in [1.29, 1.82) is 0 Å². The highest BCUT2D eigenvalue weighted by Gasteiger charge is 2.22. The van der Waals surface area contributed by atoms with Gasteiger partial charge in [0, 0.05) is 37.7 Å². The highest BCUT2D eigenvalue weighted by Crippen LogP contribution is 2.14. The predicted octanol–water partition coefficient (Wildman–Crippen LogP) is 2.05. The molecule has 6 nitrogen and oxygen atoms in total. The second-order valence-corrected chi connectivity index (χ2v) is 6.60. The lowest BCUT2D eigenvalue weighted by Crippen LogP contribution is -2.43. The molecule has 0 N–H and O–H groups in total. The van der Waals surface area contributed by atoms with Gasteiger partial charge in [-0.3, -0.25) is 9.58 Å². The summed E-state index contributed by atoms with van der Waals surface area (Å²) in [5.41, 5.74) is 4.52. The maximum atomic E-state index is 5.91. The fourth-order valence-corrected chi connectivity index (χ4v) is 3.31. The number of hydrogen-bond donors (Lipinski definition) is 0. The fraction of sp³-hybridized carbons (Fsp3) is 0.444. The van der Waals surface area contributed by atoms with Crippen LogP contribution in [-0.2, 0) is 17.8 Å². The van der Waals surface area contributed by atoms with E-state index in [-0.39, 0.29) is 6.10 Å². The topological polar surface area (TPSA) is 47.6 Å². The first-order chi connectivity index (χ1) is 11.7. The van der Waals surface area contributed by atoms with E-state index in [4.69, 9.17) is 9.72 Å². The predicted molar refractivity (Wildman–Crippen MR) is 91.9 cm³/mol. The number of ether oxygens (including phenoxy) is 1. The Balaban J connectivity index is 1.42. The van der Waals surface area contributed by atoms with Gasteiger partial charge in [-0.1, -0.05) is 6.07 Å². The van der Waals surface area contributed by atoms with Crippen LogP contribution in [0.25, 0.3) is 5.65 Å². The van der Waals surface area contributed by atoms with Gasteiger partial charge in [-0.05, 0) is 31.5 Å². The van der Waals surface area contributed by atoms with Crippen molar-refractivity contribution in [3.05, 3.63) is 53.7 Å². The number of fused-ring (bicyclic) bond motifs is 1. The van der Waals surface area contributed by atoms with Crippen LogP contribution in [0, 0.1) is 13.8 Å². The average molecular weight is 325 g/mol.